The maximum atomic E-state index is 12.6. The van der Waals surface area contributed by atoms with Gasteiger partial charge in [-0.1, -0.05) is 13.3 Å². The van der Waals surface area contributed by atoms with Crippen molar-refractivity contribution in [3.8, 4) is 0 Å². The van der Waals surface area contributed by atoms with E-state index in [9.17, 15) is 19.7 Å². The summed E-state index contributed by atoms with van der Waals surface area (Å²) in [5, 5.41) is 13.6. The number of nitrogens with one attached hydrogen (secondary N) is 1. The van der Waals surface area contributed by atoms with Gasteiger partial charge in [0, 0.05) is 49.7 Å². The molecule has 1 N–H and O–H groups in total. The highest BCUT2D eigenvalue weighted by Crippen LogP contribution is 2.21. The highest BCUT2D eigenvalue weighted by molar-refractivity contribution is 5.92. The predicted molar refractivity (Wildman–Crippen MR) is 118 cm³/mol. The Kier molecular flexibility index (Phi) is 7.42. The Balaban J connectivity index is 1.48. The van der Waals surface area contributed by atoms with Gasteiger partial charge in [-0.25, -0.2) is 9.59 Å². The molecule has 1 aliphatic rings. The van der Waals surface area contributed by atoms with E-state index in [2.05, 4.69) is 10.2 Å². The van der Waals surface area contributed by atoms with Gasteiger partial charge >= 0.3 is 12.0 Å². The van der Waals surface area contributed by atoms with Crippen molar-refractivity contribution in [3.63, 3.8) is 0 Å². The van der Waals surface area contributed by atoms with Gasteiger partial charge in [-0.15, -0.1) is 0 Å². The zero-order valence-corrected chi connectivity index (χ0v) is 17.5. The second-order valence-electron chi connectivity index (χ2n) is 7.24. The van der Waals surface area contributed by atoms with Crippen LogP contribution in [0.3, 0.4) is 0 Å². The average molecular weight is 426 g/mol. The number of amides is 2. The Labute approximate surface area is 180 Å². The summed E-state index contributed by atoms with van der Waals surface area (Å²) in [5.74, 6) is -0.367. The van der Waals surface area contributed by atoms with Crippen LogP contribution in [0, 0.1) is 10.1 Å². The topological polar surface area (TPSA) is 105 Å². The fourth-order valence-corrected chi connectivity index (χ4v) is 3.24. The Hall–Kier alpha value is -3.62. The number of ether oxygens (including phenoxy) is 1. The number of unbranched alkanes of at least 4 members (excludes halogenated alkanes) is 1. The molecule has 0 radical (unpaired) electrons. The minimum absolute atomic E-state index is 0.0574. The van der Waals surface area contributed by atoms with Gasteiger partial charge < -0.3 is 19.9 Å². The van der Waals surface area contributed by atoms with E-state index < -0.39 is 4.92 Å². The normalized spacial score (nSPS) is 13.6. The zero-order valence-electron chi connectivity index (χ0n) is 17.5. The van der Waals surface area contributed by atoms with E-state index in [-0.39, 0.29) is 17.7 Å². The molecule has 0 bridgehead atoms. The summed E-state index contributed by atoms with van der Waals surface area (Å²) in [4.78, 5) is 38.7. The molecule has 3 rings (SSSR count). The summed E-state index contributed by atoms with van der Waals surface area (Å²) in [6.07, 6.45) is 1.79. The zero-order chi connectivity index (χ0) is 22.2. The number of carbonyl (C=O) groups is 2. The van der Waals surface area contributed by atoms with Crippen LogP contribution < -0.4 is 10.2 Å². The Morgan fingerprint density at radius 1 is 1.03 bits per heavy atom. The van der Waals surface area contributed by atoms with Crippen LogP contribution in [-0.4, -0.2) is 54.6 Å². The molecule has 0 saturated carbocycles. The lowest BCUT2D eigenvalue weighted by Crippen LogP contribution is -2.50. The number of hydrogen-bond donors (Lipinski definition) is 1. The van der Waals surface area contributed by atoms with Crippen molar-refractivity contribution in [2.24, 2.45) is 0 Å². The van der Waals surface area contributed by atoms with Gasteiger partial charge in [-0.3, -0.25) is 10.1 Å². The van der Waals surface area contributed by atoms with E-state index >= 15 is 0 Å². The molecule has 1 heterocycles. The van der Waals surface area contributed by atoms with Crippen molar-refractivity contribution in [2.75, 3.05) is 43.0 Å². The standard InChI is InChI=1S/C22H26N4O5/c1-2-3-16-31-21(27)17-4-6-18(7-5-17)23-22(28)25-14-12-24(13-15-25)19-8-10-20(11-9-19)26(29)30/h4-11H,2-3,12-16H2,1H3,(H,23,28). The van der Waals surface area contributed by atoms with Gasteiger partial charge in [0.25, 0.3) is 5.69 Å². The molecule has 9 nitrogen and oxygen atoms in total. The Morgan fingerprint density at radius 3 is 2.26 bits per heavy atom. The number of rotatable bonds is 7. The number of piperazine rings is 1. The summed E-state index contributed by atoms with van der Waals surface area (Å²) in [5.41, 5.74) is 2.01. The molecular formula is C22H26N4O5. The summed E-state index contributed by atoms with van der Waals surface area (Å²) < 4.78 is 5.18. The summed E-state index contributed by atoms with van der Waals surface area (Å²) in [6, 6.07) is 12.8. The molecule has 2 aromatic rings. The van der Waals surface area contributed by atoms with Crippen LogP contribution in [0.15, 0.2) is 48.5 Å². The second kappa shape index (κ2) is 10.4. The molecule has 0 aliphatic carbocycles. The predicted octanol–water partition coefficient (Wildman–Crippen LogP) is 3.91. The third-order valence-electron chi connectivity index (χ3n) is 5.10. The first-order chi connectivity index (χ1) is 15.0. The number of nitro groups is 1. The quantitative estimate of drug-likeness (QED) is 0.312. The fraction of sp³-hybridized carbons (Fsp3) is 0.364. The van der Waals surface area contributed by atoms with Crippen LogP contribution in [-0.2, 0) is 4.74 Å². The minimum Gasteiger partial charge on any atom is -0.462 e. The lowest BCUT2D eigenvalue weighted by molar-refractivity contribution is -0.384. The molecule has 1 saturated heterocycles. The van der Waals surface area contributed by atoms with Gasteiger partial charge in [-0.2, -0.15) is 0 Å². The van der Waals surface area contributed by atoms with Crippen LogP contribution in [0.4, 0.5) is 21.9 Å². The van der Waals surface area contributed by atoms with Crippen molar-refractivity contribution < 1.29 is 19.2 Å². The lowest BCUT2D eigenvalue weighted by atomic mass is 10.2. The number of nitro benzene ring substituents is 1. The average Bonchev–Trinajstić information content (AvgIpc) is 2.80. The fourth-order valence-electron chi connectivity index (χ4n) is 3.24. The third-order valence-corrected chi connectivity index (χ3v) is 5.10. The molecule has 0 unspecified atom stereocenters. The maximum Gasteiger partial charge on any atom is 0.338 e. The van der Waals surface area contributed by atoms with Crippen molar-refractivity contribution in [2.45, 2.75) is 19.8 Å². The summed E-state index contributed by atoms with van der Waals surface area (Å²) in [6.45, 7) is 4.76. The summed E-state index contributed by atoms with van der Waals surface area (Å²) >= 11 is 0. The third kappa shape index (κ3) is 5.94. The van der Waals surface area contributed by atoms with Crippen molar-refractivity contribution >= 4 is 29.1 Å². The number of carbonyl (C=O) groups excluding carboxylic acids is 2. The first-order valence-electron chi connectivity index (χ1n) is 10.3. The molecule has 9 heteroatoms. The number of hydrogen-bond acceptors (Lipinski definition) is 6. The Morgan fingerprint density at radius 2 is 1.68 bits per heavy atom. The first kappa shape index (κ1) is 22.1. The van der Waals surface area contributed by atoms with Crippen LogP contribution >= 0.6 is 0 Å². The second-order valence-corrected chi connectivity index (χ2v) is 7.24. The highest BCUT2D eigenvalue weighted by Gasteiger charge is 2.22. The van der Waals surface area contributed by atoms with Crippen molar-refractivity contribution in [3.05, 3.63) is 64.2 Å². The van der Waals surface area contributed by atoms with Crippen LogP contribution in [0.2, 0.25) is 0 Å². The van der Waals surface area contributed by atoms with E-state index in [1.165, 1.54) is 12.1 Å². The van der Waals surface area contributed by atoms with E-state index in [0.717, 1.165) is 18.5 Å². The van der Waals surface area contributed by atoms with Crippen LogP contribution in [0.25, 0.3) is 0 Å². The number of non-ortho nitro benzene ring substituents is 1. The monoisotopic (exact) mass is 426 g/mol. The highest BCUT2D eigenvalue weighted by atomic mass is 16.6. The molecule has 2 amide bonds. The number of nitrogens with zero attached hydrogens (tertiary/aromatic N) is 3. The number of benzene rings is 2. The van der Waals surface area contributed by atoms with Crippen molar-refractivity contribution in [1.82, 2.24) is 4.90 Å². The SMILES string of the molecule is CCCCOC(=O)c1ccc(NC(=O)N2CCN(c3ccc([N+](=O)[O-])cc3)CC2)cc1. The summed E-state index contributed by atoms with van der Waals surface area (Å²) in [7, 11) is 0. The first-order valence-corrected chi connectivity index (χ1v) is 10.3. The van der Waals surface area contributed by atoms with E-state index in [1.54, 1.807) is 41.3 Å². The maximum absolute atomic E-state index is 12.6. The largest absolute Gasteiger partial charge is 0.462 e. The molecule has 31 heavy (non-hydrogen) atoms. The van der Waals surface area contributed by atoms with Gasteiger partial charge in [0.1, 0.15) is 0 Å². The molecule has 1 aliphatic heterocycles. The molecule has 0 aromatic heterocycles. The van der Waals surface area contributed by atoms with E-state index in [4.69, 9.17) is 4.74 Å². The van der Waals surface area contributed by atoms with E-state index in [0.29, 0.717) is 44.0 Å². The van der Waals surface area contributed by atoms with Crippen LogP contribution in [0.1, 0.15) is 30.1 Å². The van der Waals surface area contributed by atoms with Crippen molar-refractivity contribution in [1.29, 1.82) is 0 Å². The number of urea groups is 1. The van der Waals surface area contributed by atoms with Gasteiger partial charge in [0.15, 0.2) is 0 Å². The molecule has 1 fully saturated rings. The number of anilines is 2. The van der Waals surface area contributed by atoms with Gasteiger partial charge in [0.05, 0.1) is 17.1 Å². The number of esters is 1. The lowest BCUT2D eigenvalue weighted by Gasteiger charge is -2.36. The van der Waals surface area contributed by atoms with E-state index in [1.807, 2.05) is 6.92 Å². The molecule has 0 spiro atoms. The van der Waals surface area contributed by atoms with Gasteiger partial charge in [0.2, 0.25) is 0 Å². The minimum atomic E-state index is -0.423. The molecule has 0 atom stereocenters. The van der Waals surface area contributed by atoms with Gasteiger partial charge in [-0.05, 0) is 42.8 Å². The smallest absolute Gasteiger partial charge is 0.338 e. The molecular weight excluding hydrogens is 400 g/mol. The molecule has 2 aromatic carbocycles. The molecule has 164 valence electrons. The Bertz CT molecular complexity index is 907. The van der Waals surface area contributed by atoms with Crippen LogP contribution in [0.5, 0.6) is 0 Å².